The minimum Gasteiger partial charge on any atom is -0.482 e. The van der Waals surface area contributed by atoms with E-state index in [-0.39, 0.29) is 47.0 Å². The standard InChI is InChI=1S/C49H56NO11P/c1-25(2)15-14-22-47(10)23-21-33-41(58-47)32(19-18-26(3)4)42-36(43(33)60-62(54,55)56)39-37-34(35-38(50-39)30-16-12-13-17-31(30)40(35)51)28(6)44(52)48(24-20-27(5)45(53)57-11)49(37,59-42)29(7)46(8,9)61-48/h12-13,15-18,20-21,23,28-29,34-35H,14,19,22,24H2,1-11H3,(H2,54,55,56)/b27-20-. The first-order valence-electron chi connectivity index (χ1n) is 21.3. The van der Waals surface area contributed by atoms with Gasteiger partial charge in [-0.05, 0) is 86.8 Å². The molecule has 0 radical (unpaired) electrons. The normalized spacial score (nSPS) is 29.8. The zero-order valence-electron chi connectivity index (χ0n) is 37.3. The van der Waals surface area contributed by atoms with E-state index in [0.717, 1.165) is 11.1 Å². The van der Waals surface area contributed by atoms with Crippen LogP contribution >= 0.6 is 7.82 Å². The third kappa shape index (κ3) is 6.46. The van der Waals surface area contributed by atoms with Crippen molar-refractivity contribution in [3.8, 4) is 17.2 Å². The number of Topliss-reactive ketones (excluding diaryl/α,β-unsaturated/α-hetero) is 2. The van der Waals surface area contributed by atoms with Crippen molar-refractivity contribution >= 4 is 42.8 Å². The number of carbonyl (C=O) groups excluding carboxylic acids is 3. The molecule has 1 saturated carbocycles. The molecule has 1 spiro atoms. The molecule has 12 nitrogen and oxygen atoms in total. The summed E-state index contributed by atoms with van der Waals surface area (Å²) >= 11 is 0. The fraction of sp³-hybridized carbons (Fsp3) is 0.469. The van der Waals surface area contributed by atoms with E-state index in [1.165, 1.54) is 7.11 Å². The van der Waals surface area contributed by atoms with E-state index >= 15 is 4.79 Å². The third-order valence-corrected chi connectivity index (χ3v) is 14.3. The van der Waals surface area contributed by atoms with Gasteiger partial charge in [0.05, 0.1) is 41.2 Å². The van der Waals surface area contributed by atoms with E-state index in [2.05, 4.69) is 6.08 Å². The SMILES string of the molecule is COC(=O)/C(C)=C\CC12OC(C)(C)C(C)C13Oc1c(CC=C(C)C)c4c(c(OP(=O)(O)O)c1C1=C3C(C(C)C2=O)C2C(=O)c3ccccc3C2=N1)C=CC(C)(CCC=C(C)C)O4. The lowest BCUT2D eigenvalue weighted by Gasteiger charge is -2.58. The Hall–Kier alpha value is -4.87. The number of methoxy groups -OCH3 is 1. The first-order valence-corrected chi connectivity index (χ1v) is 22.8. The van der Waals surface area contributed by atoms with Gasteiger partial charge in [-0.15, -0.1) is 0 Å². The van der Waals surface area contributed by atoms with Crippen LogP contribution in [0.3, 0.4) is 0 Å². The third-order valence-electron chi connectivity index (χ3n) is 13.9. The van der Waals surface area contributed by atoms with E-state index in [4.69, 9.17) is 28.5 Å². The van der Waals surface area contributed by atoms with Gasteiger partial charge >= 0.3 is 13.8 Å². The van der Waals surface area contributed by atoms with E-state index in [0.29, 0.717) is 57.8 Å². The monoisotopic (exact) mass is 865 g/mol. The van der Waals surface area contributed by atoms with Crippen LogP contribution in [-0.4, -0.2) is 62.5 Å². The van der Waals surface area contributed by atoms with Gasteiger partial charge < -0.3 is 23.5 Å². The molecule has 0 bridgehead atoms. The second-order valence-electron chi connectivity index (χ2n) is 18.9. The van der Waals surface area contributed by atoms with Crippen molar-refractivity contribution in [1.82, 2.24) is 0 Å². The summed E-state index contributed by atoms with van der Waals surface area (Å²) in [4.78, 5) is 70.2. The molecule has 6 aliphatic rings. The van der Waals surface area contributed by atoms with Crippen molar-refractivity contribution in [2.45, 2.75) is 117 Å². The van der Waals surface area contributed by atoms with Gasteiger partial charge in [-0.3, -0.25) is 24.4 Å². The summed E-state index contributed by atoms with van der Waals surface area (Å²) in [6.45, 7) is 19.1. The number of allylic oxidation sites excluding steroid dienone is 4. The Bertz CT molecular complexity index is 2580. The molecule has 2 N–H and O–H groups in total. The number of esters is 1. The van der Waals surface area contributed by atoms with Crippen LogP contribution in [0.5, 0.6) is 17.2 Å². The van der Waals surface area contributed by atoms with E-state index in [1.54, 1.807) is 38.1 Å². The smallest absolute Gasteiger partial charge is 0.482 e. The summed E-state index contributed by atoms with van der Waals surface area (Å²) in [6, 6.07) is 7.22. The summed E-state index contributed by atoms with van der Waals surface area (Å²) < 4.78 is 45.9. The van der Waals surface area contributed by atoms with Gasteiger partial charge in [-0.1, -0.05) is 67.5 Å². The Morgan fingerprint density at radius 3 is 2.27 bits per heavy atom. The molecule has 0 amide bonds. The average molecular weight is 866 g/mol. The molecular weight excluding hydrogens is 810 g/mol. The Morgan fingerprint density at radius 1 is 0.952 bits per heavy atom. The van der Waals surface area contributed by atoms with Crippen molar-refractivity contribution in [3.05, 3.63) is 98.7 Å². The van der Waals surface area contributed by atoms with Crippen molar-refractivity contribution < 1.29 is 52.2 Å². The highest BCUT2D eigenvalue weighted by molar-refractivity contribution is 7.46. The number of benzene rings is 2. The summed E-state index contributed by atoms with van der Waals surface area (Å²) in [5.74, 6) is -3.87. The highest BCUT2D eigenvalue weighted by Crippen LogP contribution is 2.70. The highest BCUT2D eigenvalue weighted by Gasteiger charge is 2.79. The van der Waals surface area contributed by atoms with Crippen molar-refractivity contribution in [2.75, 3.05) is 7.11 Å². The number of phosphoric acid groups is 1. The molecule has 13 heteroatoms. The van der Waals surface area contributed by atoms with Gasteiger partial charge in [0.25, 0.3) is 0 Å². The maximum absolute atomic E-state index is 15.8. The van der Waals surface area contributed by atoms with E-state index < -0.39 is 59.9 Å². The van der Waals surface area contributed by atoms with Gasteiger partial charge in [0.2, 0.25) is 0 Å². The second kappa shape index (κ2) is 14.9. The van der Waals surface area contributed by atoms with Gasteiger partial charge in [-0.25, -0.2) is 9.36 Å². The molecule has 2 aliphatic carbocycles. The van der Waals surface area contributed by atoms with Crippen molar-refractivity contribution in [1.29, 1.82) is 0 Å². The van der Waals surface area contributed by atoms with E-state index in [1.807, 2.05) is 79.7 Å². The lowest BCUT2D eigenvalue weighted by Crippen LogP contribution is -2.71. The Balaban J connectivity index is 1.54. The Morgan fingerprint density at radius 2 is 1.63 bits per heavy atom. The number of ether oxygens (including phenoxy) is 4. The van der Waals surface area contributed by atoms with Crippen LogP contribution in [0.1, 0.15) is 121 Å². The van der Waals surface area contributed by atoms with Gasteiger partial charge in [0.1, 0.15) is 17.1 Å². The minimum absolute atomic E-state index is 0.0964. The number of aliphatic imine (C=N–C) groups is 1. The number of hydrogen-bond acceptors (Lipinski definition) is 10. The van der Waals surface area contributed by atoms with Crippen LogP contribution in [-0.2, 0) is 30.0 Å². The fourth-order valence-corrected chi connectivity index (χ4v) is 11.2. The molecule has 4 aliphatic heterocycles. The zero-order valence-corrected chi connectivity index (χ0v) is 38.2. The van der Waals surface area contributed by atoms with Crippen LogP contribution in [0.25, 0.3) is 11.8 Å². The second-order valence-corrected chi connectivity index (χ2v) is 20.1. The molecular formula is C49H56NO11P. The van der Waals surface area contributed by atoms with Crippen LogP contribution in [0, 0.1) is 23.7 Å². The summed E-state index contributed by atoms with van der Waals surface area (Å²) in [6.07, 6.45) is 10.9. The molecule has 0 aromatic heterocycles. The number of phosphoric ester groups is 1. The van der Waals surface area contributed by atoms with Crippen LogP contribution in [0.2, 0.25) is 0 Å². The van der Waals surface area contributed by atoms with Crippen molar-refractivity contribution in [3.63, 3.8) is 0 Å². The predicted octanol–water partition coefficient (Wildman–Crippen LogP) is 9.26. The number of hydrogen-bond donors (Lipinski definition) is 2. The largest absolute Gasteiger partial charge is 0.524 e. The summed E-state index contributed by atoms with van der Waals surface area (Å²) in [5, 5.41) is 0. The molecule has 7 atom stereocenters. The van der Waals surface area contributed by atoms with Crippen LogP contribution in [0.4, 0.5) is 0 Å². The molecule has 2 fully saturated rings. The minimum atomic E-state index is -5.29. The molecule has 4 heterocycles. The number of nitrogens with zero attached hydrogens (tertiary/aromatic N) is 1. The molecule has 7 unspecified atom stereocenters. The topological polar surface area (TPSA) is 167 Å². The van der Waals surface area contributed by atoms with Crippen LogP contribution in [0.15, 0.2) is 75.9 Å². The highest BCUT2D eigenvalue weighted by atomic mass is 31.2. The number of rotatable bonds is 10. The molecule has 1 saturated heterocycles. The summed E-state index contributed by atoms with van der Waals surface area (Å²) in [7, 11) is -4.00. The quantitative estimate of drug-likeness (QED) is 0.101. The lowest BCUT2D eigenvalue weighted by molar-refractivity contribution is -0.177. The molecule has 2 aromatic carbocycles. The van der Waals surface area contributed by atoms with Gasteiger partial charge in [-0.2, -0.15) is 0 Å². The Kier molecular flexibility index (Phi) is 10.5. The first kappa shape index (κ1) is 43.8. The maximum Gasteiger partial charge on any atom is 0.524 e. The maximum atomic E-state index is 15.8. The lowest BCUT2D eigenvalue weighted by atomic mass is 9.51. The molecule has 328 valence electrons. The van der Waals surface area contributed by atoms with E-state index in [9.17, 15) is 23.9 Å². The van der Waals surface area contributed by atoms with Crippen LogP contribution < -0.4 is 14.0 Å². The Labute approximate surface area is 363 Å². The predicted molar refractivity (Wildman–Crippen MR) is 235 cm³/mol. The first-order chi connectivity index (χ1) is 29.0. The van der Waals surface area contributed by atoms with Gasteiger partial charge in [0, 0.05) is 52.0 Å². The van der Waals surface area contributed by atoms with Crippen molar-refractivity contribution in [2.24, 2.45) is 28.7 Å². The average Bonchev–Trinajstić information content (AvgIpc) is 3.57. The molecule has 62 heavy (non-hydrogen) atoms. The fourth-order valence-electron chi connectivity index (χ4n) is 10.8. The number of fused-ring (bicyclic) bond motifs is 7. The van der Waals surface area contributed by atoms with Gasteiger partial charge in [0.15, 0.2) is 28.5 Å². The molecule has 8 rings (SSSR count). The summed E-state index contributed by atoms with van der Waals surface area (Å²) in [5.41, 5.74) is 0.505. The zero-order chi connectivity index (χ0) is 45.1. The molecule has 2 aromatic rings. The number of ketones is 2. The number of carbonyl (C=O) groups is 3.